The van der Waals surface area contributed by atoms with Crippen LogP contribution in [0.1, 0.15) is 5.56 Å². The van der Waals surface area contributed by atoms with Crippen LogP contribution >= 0.6 is 11.6 Å². The van der Waals surface area contributed by atoms with E-state index >= 15 is 0 Å². The molecule has 3 nitrogen and oxygen atoms in total. The minimum atomic E-state index is -4.76. The molecule has 0 aromatic heterocycles. The third-order valence-electron chi connectivity index (χ3n) is 2.80. The number of rotatable bonds is 1. The van der Waals surface area contributed by atoms with Gasteiger partial charge in [0.05, 0.1) is 0 Å². The zero-order valence-electron chi connectivity index (χ0n) is 9.55. The van der Waals surface area contributed by atoms with Gasteiger partial charge in [-0.1, -0.05) is 18.2 Å². The summed E-state index contributed by atoms with van der Waals surface area (Å²) in [5, 5.41) is 2.45. The van der Waals surface area contributed by atoms with Crippen molar-refractivity contribution in [2.24, 2.45) is 0 Å². The van der Waals surface area contributed by atoms with E-state index < -0.39 is 24.3 Å². The first-order valence-corrected chi connectivity index (χ1v) is 5.62. The van der Waals surface area contributed by atoms with Gasteiger partial charge in [0.25, 0.3) is 0 Å². The number of carbonyl (C=O) groups excluding carboxylic acids is 1. The smallest absolute Gasteiger partial charge is 0.347 e. The lowest BCUT2D eigenvalue weighted by Crippen LogP contribution is -2.43. The molecule has 2 rings (SSSR count). The minimum Gasteiger partial charge on any atom is -0.347 e. The quantitative estimate of drug-likeness (QED) is 0.807. The van der Waals surface area contributed by atoms with Gasteiger partial charge in [0.2, 0.25) is 11.5 Å². The van der Waals surface area contributed by atoms with Gasteiger partial charge in [0.1, 0.15) is 6.61 Å². The molecule has 1 aliphatic rings. The molecule has 1 N–H and O–H groups in total. The first-order valence-electron chi connectivity index (χ1n) is 5.24. The molecule has 102 valence electrons. The van der Waals surface area contributed by atoms with Crippen LogP contribution in [0.3, 0.4) is 0 Å². The van der Waals surface area contributed by atoms with Gasteiger partial charge in [0, 0.05) is 16.3 Å². The van der Waals surface area contributed by atoms with Crippen LogP contribution in [0.5, 0.6) is 0 Å². The molecule has 0 spiro atoms. The average molecular weight is 292 g/mol. The number of ether oxygens (including phenoxy) is 1. The zero-order chi connectivity index (χ0) is 14.3. The summed E-state index contributed by atoms with van der Waals surface area (Å²) in [5.74, 6) is -0.670. The molecule has 1 atom stereocenters. The van der Waals surface area contributed by atoms with Crippen molar-refractivity contribution in [3.05, 3.63) is 41.4 Å². The number of hydrogen-bond acceptors (Lipinski definition) is 2. The van der Waals surface area contributed by atoms with Crippen molar-refractivity contribution in [3.63, 3.8) is 0 Å². The fourth-order valence-electron chi connectivity index (χ4n) is 1.90. The highest BCUT2D eigenvalue weighted by Crippen LogP contribution is 2.47. The second kappa shape index (κ2) is 4.54. The number of alkyl halides is 3. The number of hydrogen-bond donors (Lipinski definition) is 1. The maximum absolute atomic E-state index is 13.3. The number of amides is 1. The van der Waals surface area contributed by atoms with Gasteiger partial charge in [0.15, 0.2) is 0 Å². The zero-order valence-corrected chi connectivity index (χ0v) is 10.3. The summed E-state index contributed by atoms with van der Waals surface area (Å²) in [6, 6.07) is 3.79. The highest BCUT2D eigenvalue weighted by Gasteiger charge is 2.57. The van der Waals surface area contributed by atoms with Crippen molar-refractivity contribution in [2.45, 2.75) is 11.8 Å². The van der Waals surface area contributed by atoms with E-state index in [4.69, 9.17) is 16.3 Å². The van der Waals surface area contributed by atoms with Crippen LogP contribution in [0.25, 0.3) is 0 Å². The van der Waals surface area contributed by atoms with E-state index in [1.54, 1.807) is 0 Å². The van der Waals surface area contributed by atoms with E-state index in [-0.39, 0.29) is 16.3 Å². The third-order valence-corrected chi connectivity index (χ3v) is 3.03. The van der Waals surface area contributed by atoms with Gasteiger partial charge < -0.3 is 10.1 Å². The third kappa shape index (κ3) is 2.21. The second-order valence-corrected chi connectivity index (χ2v) is 4.40. The van der Waals surface area contributed by atoms with Gasteiger partial charge in [-0.3, -0.25) is 4.79 Å². The van der Waals surface area contributed by atoms with E-state index in [0.717, 1.165) is 6.07 Å². The topological polar surface area (TPSA) is 38.3 Å². The molecule has 0 aliphatic carbocycles. The van der Waals surface area contributed by atoms with Crippen LogP contribution in [0, 0.1) is 0 Å². The van der Waals surface area contributed by atoms with E-state index in [9.17, 15) is 18.0 Å². The fourth-order valence-corrected chi connectivity index (χ4v) is 2.07. The number of nitrogens with one attached hydrogen (secondary N) is 1. The summed E-state index contributed by atoms with van der Waals surface area (Å²) in [6.07, 6.45) is -4.14. The Labute approximate surface area is 112 Å². The Morgan fingerprint density at radius 2 is 2.16 bits per heavy atom. The van der Waals surface area contributed by atoms with Crippen LogP contribution < -0.4 is 5.32 Å². The molecule has 1 heterocycles. The fraction of sp³-hybridized carbons (Fsp3) is 0.250. The number of anilines is 1. The van der Waals surface area contributed by atoms with Gasteiger partial charge in [-0.25, -0.2) is 0 Å². The van der Waals surface area contributed by atoms with Crippen LogP contribution in [-0.2, 0) is 15.1 Å². The molecule has 1 amide bonds. The molecular weight excluding hydrogens is 283 g/mol. The highest BCUT2D eigenvalue weighted by molar-refractivity contribution is 6.30. The Bertz CT molecular complexity index is 544. The predicted octanol–water partition coefficient (Wildman–Crippen LogP) is 3.25. The Morgan fingerprint density at radius 1 is 1.47 bits per heavy atom. The molecule has 0 fully saturated rings. The Kier molecular flexibility index (Phi) is 3.32. The van der Waals surface area contributed by atoms with E-state index in [1.807, 2.05) is 0 Å². The Morgan fingerprint density at radius 3 is 2.74 bits per heavy atom. The van der Waals surface area contributed by atoms with Crippen molar-refractivity contribution in [1.29, 1.82) is 0 Å². The Balaban J connectivity index is 2.73. The molecular formula is C12H9ClF3NO2. The van der Waals surface area contributed by atoms with Crippen molar-refractivity contribution in [3.8, 4) is 0 Å². The van der Waals surface area contributed by atoms with Crippen LogP contribution in [0.4, 0.5) is 18.9 Å². The van der Waals surface area contributed by atoms with Crippen LogP contribution in [0.2, 0.25) is 5.02 Å². The SMILES string of the molecule is C=CC1(C(F)(F)F)OCC(=O)Nc2ccc(Cl)cc21. The van der Waals surface area contributed by atoms with Crippen molar-refractivity contribution >= 4 is 23.2 Å². The minimum absolute atomic E-state index is 0.00382. The molecule has 0 saturated carbocycles. The molecule has 19 heavy (non-hydrogen) atoms. The molecule has 0 radical (unpaired) electrons. The van der Waals surface area contributed by atoms with Gasteiger partial charge >= 0.3 is 6.18 Å². The number of halogens is 4. The average Bonchev–Trinajstić information content (AvgIpc) is 2.45. The highest BCUT2D eigenvalue weighted by atomic mass is 35.5. The van der Waals surface area contributed by atoms with Crippen molar-refractivity contribution in [1.82, 2.24) is 0 Å². The molecule has 1 aliphatic heterocycles. The van der Waals surface area contributed by atoms with E-state index in [0.29, 0.717) is 6.08 Å². The standard InChI is InChI=1S/C12H9ClF3NO2/c1-2-11(12(14,15)16)8-5-7(13)3-4-9(8)17-10(18)6-19-11/h2-5H,1,6H2,(H,17,18). The normalized spacial score (nSPS) is 23.3. The number of benzene rings is 1. The predicted molar refractivity (Wildman–Crippen MR) is 64.0 cm³/mol. The summed E-state index contributed by atoms with van der Waals surface area (Å²) in [4.78, 5) is 11.4. The lowest BCUT2D eigenvalue weighted by atomic mass is 9.91. The molecule has 0 saturated heterocycles. The van der Waals surface area contributed by atoms with E-state index in [1.165, 1.54) is 12.1 Å². The van der Waals surface area contributed by atoms with Crippen molar-refractivity contribution in [2.75, 3.05) is 11.9 Å². The summed E-state index contributed by atoms with van der Waals surface area (Å²) in [6.45, 7) is 2.47. The van der Waals surface area contributed by atoms with Gasteiger partial charge in [-0.2, -0.15) is 13.2 Å². The van der Waals surface area contributed by atoms with Gasteiger partial charge in [-0.15, -0.1) is 0 Å². The van der Waals surface area contributed by atoms with Crippen molar-refractivity contribution < 1.29 is 22.7 Å². The number of carbonyl (C=O) groups is 1. The maximum atomic E-state index is 13.3. The molecule has 1 aromatic carbocycles. The number of fused-ring (bicyclic) bond motifs is 1. The molecule has 7 heteroatoms. The summed E-state index contributed by atoms with van der Waals surface area (Å²) in [7, 11) is 0. The first-order chi connectivity index (χ1) is 8.80. The molecule has 1 aromatic rings. The summed E-state index contributed by atoms with van der Waals surface area (Å²) >= 11 is 5.73. The monoisotopic (exact) mass is 291 g/mol. The summed E-state index contributed by atoms with van der Waals surface area (Å²) in [5.41, 5.74) is -3.04. The van der Waals surface area contributed by atoms with Crippen LogP contribution in [0.15, 0.2) is 30.9 Å². The maximum Gasteiger partial charge on any atom is 0.425 e. The molecule has 1 unspecified atom stereocenters. The molecule has 0 bridgehead atoms. The summed E-state index contributed by atoms with van der Waals surface area (Å²) < 4.78 is 44.8. The second-order valence-electron chi connectivity index (χ2n) is 3.96. The Hall–Kier alpha value is -1.53. The lowest BCUT2D eigenvalue weighted by Gasteiger charge is -2.32. The van der Waals surface area contributed by atoms with Crippen LogP contribution in [-0.4, -0.2) is 18.7 Å². The lowest BCUT2D eigenvalue weighted by molar-refractivity contribution is -0.260. The largest absolute Gasteiger partial charge is 0.425 e. The van der Waals surface area contributed by atoms with Gasteiger partial charge in [-0.05, 0) is 24.3 Å². The first kappa shape index (κ1) is 13.9. The van der Waals surface area contributed by atoms with E-state index in [2.05, 4.69) is 11.9 Å².